The fourth-order valence-corrected chi connectivity index (χ4v) is 2.10. The molecular formula is C14H9BrF2O2. The van der Waals surface area contributed by atoms with Gasteiger partial charge in [0.25, 0.3) is 0 Å². The molecule has 0 aliphatic carbocycles. The highest BCUT2D eigenvalue weighted by molar-refractivity contribution is 9.10. The zero-order valence-corrected chi connectivity index (χ0v) is 11.5. The van der Waals surface area contributed by atoms with E-state index in [-0.39, 0.29) is 21.2 Å². The summed E-state index contributed by atoms with van der Waals surface area (Å²) in [6, 6.07) is 6.85. The standard InChI is InChI=1S/C14H9BrF2O2/c1-19-9-2-3-10(8(6-9)7-18)13-12(16)5-4-11(15)14(13)17/h2-7H,1H3. The van der Waals surface area contributed by atoms with E-state index in [9.17, 15) is 13.6 Å². The van der Waals surface area contributed by atoms with E-state index >= 15 is 0 Å². The fraction of sp³-hybridized carbons (Fsp3) is 0.0714. The molecule has 0 N–H and O–H groups in total. The maximum absolute atomic E-state index is 14.0. The Kier molecular flexibility index (Phi) is 3.95. The number of halogens is 3. The molecule has 2 nitrogen and oxygen atoms in total. The molecule has 2 aromatic carbocycles. The Morgan fingerprint density at radius 1 is 1.21 bits per heavy atom. The average molecular weight is 327 g/mol. The first-order valence-electron chi connectivity index (χ1n) is 5.35. The zero-order chi connectivity index (χ0) is 14.0. The van der Waals surface area contributed by atoms with Gasteiger partial charge in [-0.1, -0.05) is 0 Å². The molecule has 5 heteroatoms. The summed E-state index contributed by atoms with van der Waals surface area (Å²) in [4.78, 5) is 11.1. The van der Waals surface area contributed by atoms with Crippen molar-refractivity contribution in [3.63, 3.8) is 0 Å². The van der Waals surface area contributed by atoms with E-state index in [0.717, 1.165) is 6.07 Å². The largest absolute Gasteiger partial charge is 0.497 e. The van der Waals surface area contributed by atoms with Crippen molar-refractivity contribution < 1.29 is 18.3 Å². The molecule has 0 fully saturated rings. The molecule has 2 aromatic rings. The molecule has 0 aliphatic rings. The summed E-state index contributed by atoms with van der Waals surface area (Å²) in [5, 5.41) is 0. The number of carbonyl (C=O) groups excluding carboxylic acids is 1. The number of hydrogen-bond donors (Lipinski definition) is 0. The van der Waals surface area contributed by atoms with E-state index in [1.807, 2.05) is 0 Å². The summed E-state index contributed by atoms with van der Waals surface area (Å²) >= 11 is 3.00. The van der Waals surface area contributed by atoms with Crippen LogP contribution in [0.25, 0.3) is 11.1 Å². The van der Waals surface area contributed by atoms with Crippen molar-refractivity contribution in [1.29, 1.82) is 0 Å². The number of carbonyl (C=O) groups is 1. The minimum absolute atomic E-state index is 0.136. The lowest BCUT2D eigenvalue weighted by Crippen LogP contribution is -1.96. The van der Waals surface area contributed by atoms with Gasteiger partial charge in [-0.25, -0.2) is 8.78 Å². The van der Waals surface area contributed by atoms with Gasteiger partial charge in [0, 0.05) is 5.56 Å². The van der Waals surface area contributed by atoms with Gasteiger partial charge in [-0.05, 0) is 51.8 Å². The summed E-state index contributed by atoms with van der Waals surface area (Å²) in [5.41, 5.74) is 0.112. The third kappa shape index (κ3) is 2.51. The first-order valence-corrected chi connectivity index (χ1v) is 6.15. The molecule has 0 saturated heterocycles. The Bertz CT molecular complexity index is 642. The van der Waals surface area contributed by atoms with Crippen molar-refractivity contribution in [3.05, 3.63) is 52.0 Å². The first-order chi connectivity index (χ1) is 9.08. The van der Waals surface area contributed by atoms with Crippen LogP contribution in [0.4, 0.5) is 8.78 Å². The number of aldehydes is 1. The molecule has 0 aliphatic heterocycles. The molecule has 2 rings (SSSR count). The van der Waals surface area contributed by atoms with Crippen LogP contribution >= 0.6 is 15.9 Å². The Hall–Kier alpha value is -1.75. The molecular weight excluding hydrogens is 318 g/mol. The van der Waals surface area contributed by atoms with E-state index in [0.29, 0.717) is 12.0 Å². The molecule has 19 heavy (non-hydrogen) atoms. The van der Waals surface area contributed by atoms with Gasteiger partial charge >= 0.3 is 0 Å². The smallest absolute Gasteiger partial charge is 0.150 e. The van der Waals surface area contributed by atoms with Gasteiger partial charge in [0.05, 0.1) is 17.1 Å². The minimum atomic E-state index is -0.742. The van der Waals surface area contributed by atoms with Gasteiger partial charge in [0.15, 0.2) is 6.29 Å². The van der Waals surface area contributed by atoms with E-state index < -0.39 is 11.6 Å². The lowest BCUT2D eigenvalue weighted by molar-refractivity contribution is 0.112. The molecule has 98 valence electrons. The zero-order valence-electron chi connectivity index (χ0n) is 9.91. The topological polar surface area (TPSA) is 26.3 Å². The van der Waals surface area contributed by atoms with E-state index in [2.05, 4.69) is 15.9 Å². The Morgan fingerprint density at radius 2 is 1.95 bits per heavy atom. The summed E-state index contributed by atoms with van der Waals surface area (Å²) in [5.74, 6) is -1.02. The summed E-state index contributed by atoms with van der Waals surface area (Å²) in [7, 11) is 1.45. The first kappa shape index (κ1) is 13.7. The van der Waals surface area contributed by atoms with Gasteiger partial charge in [-0.2, -0.15) is 0 Å². The number of ether oxygens (including phenoxy) is 1. The monoisotopic (exact) mass is 326 g/mol. The second-order valence-corrected chi connectivity index (χ2v) is 4.64. The van der Waals surface area contributed by atoms with Crippen LogP contribution in [-0.2, 0) is 0 Å². The van der Waals surface area contributed by atoms with Crippen molar-refractivity contribution in [1.82, 2.24) is 0 Å². The molecule has 0 bridgehead atoms. The average Bonchev–Trinajstić information content (AvgIpc) is 2.43. The molecule has 0 amide bonds. The van der Waals surface area contributed by atoms with E-state index in [4.69, 9.17) is 4.74 Å². The van der Waals surface area contributed by atoms with Gasteiger partial charge in [-0.15, -0.1) is 0 Å². The predicted octanol–water partition coefficient (Wildman–Crippen LogP) is 4.22. The number of rotatable bonds is 3. The van der Waals surface area contributed by atoms with Gasteiger partial charge in [0.2, 0.25) is 0 Å². The summed E-state index contributed by atoms with van der Waals surface area (Å²) < 4.78 is 32.9. The highest BCUT2D eigenvalue weighted by atomic mass is 79.9. The van der Waals surface area contributed by atoms with Crippen molar-refractivity contribution >= 4 is 22.2 Å². The number of methoxy groups -OCH3 is 1. The van der Waals surface area contributed by atoms with Crippen molar-refractivity contribution in [3.8, 4) is 16.9 Å². The highest BCUT2D eigenvalue weighted by Gasteiger charge is 2.17. The molecule has 0 aromatic heterocycles. The normalized spacial score (nSPS) is 10.3. The van der Waals surface area contributed by atoms with Crippen LogP contribution in [0.2, 0.25) is 0 Å². The van der Waals surface area contributed by atoms with Crippen LogP contribution < -0.4 is 4.74 Å². The quantitative estimate of drug-likeness (QED) is 0.623. The molecule has 0 saturated carbocycles. The lowest BCUT2D eigenvalue weighted by atomic mass is 9.99. The second-order valence-electron chi connectivity index (χ2n) is 3.79. The molecule has 0 radical (unpaired) electrons. The molecule has 0 atom stereocenters. The second kappa shape index (κ2) is 5.48. The van der Waals surface area contributed by atoms with Crippen molar-refractivity contribution in [2.75, 3.05) is 7.11 Å². The molecule has 0 unspecified atom stereocenters. The number of benzene rings is 2. The van der Waals surface area contributed by atoms with Gasteiger partial charge in [0.1, 0.15) is 17.4 Å². The third-order valence-electron chi connectivity index (χ3n) is 2.70. The van der Waals surface area contributed by atoms with Gasteiger partial charge < -0.3 is 4.74 Å². The Morgan fingerprint density at radius 3 is 2.58 bits per heavy atom. The van der Waals surface area contributed by atoms with Crippen LogP contribution in [0.1, 0.15) is 10.4 Å². The van der Waals surface area contributed by atoms with Crippen molar-refractivity contribution in [2.24, 2.45) is 0 Å². The number of hydrogen-bond acceptors (Lipinski definition) is 2. The Balaban J connectivity index is 2.72. The van der Waals surface area contributed by atoms with Crippen LogP contribution in [0.5, 0.6) is 5.75 Å². The molecule has 0 spiro atoms. The van der Waals surface area contributed by atoms with Gasteiger partial charge in [-0.3, -0.25) is 4.79 Å². The van der Waals surface area contributed by atoms with E-state index in [1.54, 1.807) is 6.07 Å². The Labute approximate surface area is 117 Å². The maximum atomic E-state index is 14.0. The van der Waals surface area contributed by atoms with Crippen LogP contribution in [0, 0.1) is 11.6 Å². The molecule has 0 heterocycles. The highest BCUT2D eigenvalue weighted by Crippen LogP contribution is 2.33. The lowest BCUT2D eigenvalue weighted by Gasteiger charge is -2.10. The summed E-state index contributed by atoms with van der Waals surface area (Å²) in [6.45, 7) is 0. The van der Waals surface area contributed by atoms with E-state index in [1.165, 1.54) is 25.3 Å². The minimum Gasteiger partial charge on any atom is -0.497 e. The van der Waals surface area contributed by atoms with Crippen LogP contribution in [0.3, 0.4) is 0 Å². The summed E-state index contributed by atoms with van der Waals surface area (Å²) in [6.07, 6.45) is 0.539. The maximum Gasteiger partial charge on any atom is 0.150 e. The third-order valence-corrected chi connectivity index (χ3v) is 3.31. The van der Waals surface area contributed by atoms with Crippen LogP contribution in [-0.4, -0.2) is 13.4 Å². The predicted molar refractivity (Wildman–Crippen MR) is 71.4 cm³/mol. The fourth-order valence-electron chi connectivity index (χ4n) is 1.77. The van der Waals surface area contributed by atoms with Crippen LogP contribution in [0.15, 0.2) is 34.8 Å². The van der Waals surface area contributed by atoms with Crippen molar-refractivity contribution in [2.45, 2.75) is 0 Å². The SMILES string of the molecule is COc1ccc(-c2c(F)ccc(Br)c2F)c(C=O)c1.